The molecule has 2 aromatic heterocycles. The molecule has 1 aliphatic rings. The maximum Gasteiger partial charge on any atom is 0.323 e. The molecule has 0 unspecified atom stereocenters. The van der Waals surface area contributed by atoms with Gasteiger partial charge in [0, 0.05) is 28.2 Å². The van der Waals surface area contributed by atoms with Crippen molar-refractivity contribution < 1.29 is 4.79 Å². The van der Waals surface area contributed by atoms with E-state index in [0.717, 1.165) is 46.4 Å². The second-order valence-electron chi connectivity index (χ2n) is 9.50. The largest absolute Gasteiger partial charge is 0.323 e. The smallest absolute Gasteiger partial charge is 0.308 e. The van der Waals surface area contributed by atoms with Gasteiger partial charge in [-0.2, -0.15) is 0 Å². The van der Waals surface area contributed by atoms with Crippen LogP contribution < -0.4 is 10.6 Å². The highest BCUT2D eigenvalue weighted by Gasteiger charge is 2.21. The molecule has 2 amide bonds. The van der Waals surface area contributed by atoms with Gasteiger partial charge in [-0.3, -0.25) is 4.98 Å². The Labute approximate surface area is 214 Å². The predicted octanol–water partition coefficient (Wildman–Crippen LogP) is 7.57. The fourth-order valence-electron chi connectivity index (χ4n) is 5.24. The van der Waals surface area contributed by atoms with E-state index in [1.165, 1.54) is 28.5 Å². The highest BCUT2D eigenvalue weighted by molar-refractivity contribution is 7.17. The third-order valence-electron chi connectivity index (χ3n) is 7.18. The van der Waals surface area contributed by atoms with Crippen LogP contribution in [0.15, 0.2) is 84.5 Å². The van der Waals surface area contributed by atoms with Gasteiger partial charge in [0.05, 0.1) is 5.69 Å². The monoisotopic (exact) mass is 492 g/mol. The molecule has 6 rings (SSSR count). The minimum absolute atomic E-state index is 0.243. The van der Waals surface area contributed by atoms with Gasteiger partial charge in [-0.25, -0.2) is 4.79 Å². The zero-order chi connectivity index (χ0) is 24.5. The predicted molar refractivity (Wildman–Crippen MR) is 151 cm³/mol. The second-order valence-corrected chi connectivity index (χ2v) is 10.4. The van der Waals surface area contributed by atoms with E-state index < -0.39 is 0 Å². The summed E-state index contributed by atoms with van der Waals surface area (Å²) in [6.07, 6.45) is 5.96. The number of benzene rings is 3. The summed E-state index contributed by atoms with van der Waals surface area (Å²) in [5.74, 6) is 0.587. The van der Waals surface area contributed by atoms with Gasteiger partial charge in [-0.05, 0) is 108 Å². The molecule has 5 aromatic rings. The van der Waals surface area contributed by atoms with Crippen LogP contribution in [-0.2, 0) is 0 Å². The number of fused-ring (bicyclic) bond motifs is 2. The Hall–Kier alpha value is -3.74. The quantitative estimate of drug-likeness (QED) is 0.272. The summed E-state index contributed by atoms with van der Waals surface area (Å²) in [7, 11) is 2.19. The van der Waals surface area contributed by atoms with E-state index in [1.807, 2.05) is 42.5 Å². The van der Waals surface area contributed by atoms with Crippen LogP contribution in [0.25, 0.3) is 32.0 Å². The molecule has 36 heavy (non-hydrogen) atoms. The van der Waals surface area contributed by atoms with E-state index in [0.29, 0.717) is 5.92 Å². The third kappa shape index (κ3) is 4.45. The normalized spacial score (nSPS) is 14.8. The first-order valence-corrected chi connectivity index (χ1v) is 13.2. The minimum atomic E-state index is -0.243. The van der Waals surface area contributed by atoms with E-state index >= 15 is 0 Å². The van der Waals surface area contributed by atoms with Gasteiger partial charge < -0.3 is 15.5 Å². The Morgan fingerprint density at radius 1 is 0.917 bits per heavy atom. The highest BCUT2D eigenvalue weighted by atomic mass is 32.1. The lowest BCUT2D eigenvalue weighted by atomic mass is 9.89. The maximum absolute atomic E-state index is 13.0. The number of likely N-dealkylation sites (tertiary alicyclic amines) is 1. The van der Waals surface area contributed by atoms with Crippen molar-refractivity contribution in [3.05, 3.63) is 90.1 Å². The molecule has 1 aliphatic heterocycles. The van der Waals surface area contributed by atoms with Crippen molar-refractivity contribution in [1.82, 2.24) is 9.88 Å². The molecule has 6 heteroatoms. The fraction of sp³-hybridized carbons (Fsp3) is 0.200. The molecule has 3 heterocycles. The molecular weight excluding hydrogens is 464 g/mol. The van der Waals surface area contributed by atoms with Crippen molar-refractivity contribution in [2.24, 2.45) is 0 Å². The number of carbonyl (C=O) groups excluding carboxylic acids is 1. The molecule has 2 N–H and O–H groups in total. The molecule has 5 nitrogen and oxygen atoms in total. The zero-order valence-corrected chi connectivity index (χ0v) is 21.0. The van der Waals surface area contributed by atoms with Gasteiger partial charge in [-0.1, -0.05) is 30.3 Å². The summed E-state index contributed by atoms with van der Waals surface area (Å²) in [6, 6.07) is 22.2. The number of nitrogens with one attached hydrogen (secondary N) is 2. The molecule has 0 spiro atoms. The van der Waals surface area contributed by atoms with E-state index in [-0.39, 0.29) is 6.03 Å². The van der Waals surface area contributed by atoms with E-state index in [1.54, 1.807) is 23.7 Å². The molecule has 0 saturated carbocycles. The summed E-state index contributed by atoms with van der Waals surface area (Å²) in [5.41, 5.74) is 5.23. The maximum atomic E-state index is 13.0. The Kier molecular flexibility index (Phi) is 6.13. The highest BCUT2D eigenvalue weighted by Crippen LogP contribution is 2.38. The number of nitrogens with zero attached hydrogens (tertiary/aromatic N) is 2. The Morgan fingerprint density at radius 2 is 1.69 bits per heavy atom. The Morgan fingerprint density at radius 3 is 2.50 bits per heavy atom. The van der Waals surface area contributed by atoms with Crippen LogP contribution in [0, 0.1) is 0 Å². The number of piperidine rings is 1. The molecule has 0 bridgehead atoms. The van der Waals surface area contributed by atoms with E-state index in [2.05, 4.69) is 57.2 Å². The summed E-state index contributed by atoms with van der Waals surface area (Å²) in [5, 5.41) is 11.8. The number of urea groups is 1. The van der Waals surface area contributed by atoms with Gasteiger partial charge in [0.2, 0.25) is 0 Å². The third-order valence-corrected chi connectivity index (χ3v) is 8.17. The van der Waals surface area contributed by atoms with Crippen molar-refractivity contribution in [2.45, 2.75) is 18.8 Å². The van der Waals surface area contributed by atoms with Crippen LogP contribution in [0.2, 0.25) is 0 Å². The number of anilines is 2. The minimum Gasteiger partial charge on any atom is -0.308 e. The van der Waals surface area contributed by atoms with Gasteiger partial charge in [-0.15, -0.1) is 11.3 Å². The number of rotatable bonds is 4. The van der Waals surface area contributed by atoms with Gasteiger partial charge in [0.1, 0.15) is 0 Å². The topological polar surface area (TPSA) is 57.3 Å². The second kappa shape index (κ2) is 9.72. The molecule has 0 radical (unpaired) electrons. The lowest BCUT2D eigenvalue weighted by Gasteiger charge is -2.28. The average Bonchev–Trinajstić information content (AvgIpc) is 3.33. The molecule has 0 atom stereocenters. The van der Waals surface area contributed by atoms with E-state index in [9.17, 15) is 4.79 Å². The van der Waals surface area contributed by atoms with Gasteiger partial charge >= 0.3 is 6.03 Å². The summed E-state index contributed by atoms with van der Waals surface area (Å²) >= 11 is 1.79. The first-order chi connectivity index (χ1) is 17.7. The van der Waals surface area contributed by atoms with Crippen molar-refractivity contribution in [1.29, 1.82) is 0 Å². The van der Waals surface area contributed by atoms with Crippen LogP contribution in [0.3, 0.4) is 0 Å². The van der Waals surface area contributed by atoms with E-state index in [4.69, 9.17) is 0 Å². The molecule has 1 fully saturated rings. The number of carbonyl (C=O) groups is 1. The van der Waals surface area contributed by atoms with Crippen molar-refractivity contribution in [3.8, 4) is 11.1 Å². The summed E-state index contributed by atoms with van der Waals surface area (Å²) in [6.45, 7) is 2.27. The number of pyridine rings is 1. The Balaban J connectivity index is 1.24. The number of hydrogen-bond donors (Lipinski definition) is 2. The van der Waals surface area contributed by atoms with Crippen molar-refractivity contribution in [3.63, 3.8) is 0 Å². The summed E-state index contributed by atoms with van der Waals surface area (Å²) in [4.78, 5) is 19.6. The van der Waals surface area contributed by atoms with Crippen LogP contribution >= 0.6 is 11.3 Å². The number of hydrogen-bond acceptors (Lipinski definition) is 4. The lowest BCUT2D eigenvalue weighted by molar-refractivity contribution is 0.256. The number of thiophene rings is 1. The van der Waals surface area contributed by atoms with Crippen LogP contribution in [-0.4, -0.2) is 36.1 Å². The van der Waals surface area contributed by atoms with Crippen LogP contribution in [0.5, 0.6) is 0 Å². The van der Waals surface area contributed by atoms with Crippen LogP contribution in [0.1, 0.15) is 24.3 Å². The SMILES string of the molecule is CN1CCC(c2csc3ccc(NC(=O)Nc4ccc(-c5ccncc5)c5ccccc45)cc23)CC1. The zero-order valence-electron chi connectivity index (χ0n) is 20.2. The lowest BCUT2D eigenvalue weighted by Crippen LogP contribution is -2.29. The molecule has 0 aliphatic carbocycles. The van der Waals surface area contributed by atoms with Crippen LogP contribution in [0.4, 0.5) is 16.2 Å². The Bertz CT molecular complexity index is 1540. The van der Waals surface area contributed by atoms with Crippen molar-refractivity contribution >= 4 is 49.6 Å². The standard InChI is InChI=1S/C30H28N4OS/c1-34-16-12-21(13-17-34)27-19-36-29-9-6-22(18-26(27)29)32-30(35)33-28-8-7-23(20-10-14-31-15-11-20)24-4-2-3-5-25(24)28/h2-11,14-15,18-19,21H,12-13,16-17H2,1H3,(H2,32,33,35). The number of amides is 2. The number of aromatic nitrogens is 1. The first kappa shape index (κ1) is 22.7. The first-order valence-electron chi connectivity index (χ1n) is 12.4. The average molecular weight is 493 g/mol. The van der Waals surface area contributed by atoms with Gasteiger partial charge in [0.15, 0.2) is 0 Å². The molecular formula is C30H28N4OS. The molecule has 180 valence electrons. The van der Waals surface area contributed by atoms with Crippen molar-refractivity contribution in [2.75, 3.05) is 30.8 Å². The molecule has 3 aromatic carbocycles. The van der Waals surface area contributed by atoms with Gasteiger partial charge in [0.25, 0.3) is 0 Å². The fourth-order valence-corrected chi connectivity index (χ4v) is 6.26. The molecule has 1 saturated heterocycles. The summed E-state index contributed by atoms with van der Waals surface area (Å²) < 4.78 is 1.27.